The molecule has 3 nitrogen and oxygen atoms in total. The summed E-state index contributed by atoms with van der Waals surface area (Å²) in [5, 5.41) is 10.8. The largest absolute Gasteiger partial charge is 0.481 e. The minimum absolute atomic E-state index is 0.634. The number of carbonyl (C=O) groups is 1. The van der Waals surface area contributed by atoms with Gasteiger partial charge in [0.05, 0.1) is 5.41 Å². The third-order valence-electron chi connectivity index (χ3n) is 3.32. The standard InChI is InChI=1S/C12H10ClNO2/c13-7-1-2-10-8(5-7)9(6-14-10)12(3-4-12)11(15)16/h1-2,5-6,14H,3-4H2,(H,15,16). The van der Waals surface area contributed by atoms with Gasteiger partial charge in [0.15, 0.2) is 0 Å². The van der Waals surface area contributed by atoms with Gasteiger partial charge in [-0.3, -0.25) is 4.79 Å². The molecular weight excluding hydrogens is 226 g/mol. The van der Waals surface area contributed by atoms with Crippen LogP contribution in [-0.4, -0.2) is 16.1 Å². The van der Waals surface area contributed by atoms with Crippen molar-refractivity contribution in [2.75, 3.05) is 0 Å². The zero-order valence-electron chi connectivity index (χ0n) is 8.46. The van der Waals surface area contributed by atoms with Gasteiger partial charge in [0.1, 0.15) is 0 Å². The van der Waals surface area contributed by atoms with E-state index in [1.54, 1.807) is 12.3 Å². The Labute approximate surface area is 97.0 Å². The van der Waals surface area contributed by atoms with Gasteiger partial charge in [-0.25, -0.2) is 0 Å². The highest BCUT2D eigenvalue weighted by Gasteiger charge is 2.52. The van der Waals surface area contributed by atoms with E-state index in [4.69, 9.17) is 11.6 Å². The molecule has 0 aliphatic heterocycles. The fraction of sp³-hybridized carbons (Fsp3) is 0.250. The number of benzene rings is 1. The van der Waals surface area contributed by atoms with Crippen molar-refractivity contribution in [1.29, 1.82) is 0 Å². The average molecular weight is 236 g/mol. The Hall–Kier alpha value is -1.48. The van der Waals surface area contributed by atoms with Crippen molar-refractivity contribution in [3.63, 3.8) is 0 Å². The summed E-state index contributed by atoms with van der Waals surface area (Å²) in [5.41, 5.74) is 1.12. The zero-order chi connectivity index (χ0) is 11.3. The van der Waals surface area contributed by atoms with Crippen LogP contribution in [0.5, 0.6) is 0 Å². The Morgan fingerprint density at radius 3 is 2.81 bits per heavy atom. The van der Waals surface area contributed by atoms with Crippen LogP contribution >= 0.6 is 11.6 Å². The summed E-state index contributed by atoms with van der Waals surface area (Å²) in [5.74, 6) is -0.742. The molecule has 1 aromatic heterocycles. The predicted molar refractivity (Wildman–Crippen MR) is 61.9 cm³/mol. The maximum Gasteiger partial charge on any atom is 0.314 e. The molecule has 2 N–H and O–H groups in total. The van der Waals surface area contributed by atoms with E-state index in [1.165, 1.54) is 0 Å². The Bertz CT molecular complexity index is 584. The van der Waals surface area contributed by atoms with Crippen molar-refractivity contribution in [2.45, 2.75) is 18.3 Å². The molecule has 1 saturated carbocycles. The van der Waals surface area contributed by atoms with Crippen LogP contribution in [0.4, 0.5) is 0 Å². The second-order valence-electron chi connectivity index (χ2n) is 4.28. The minimum atomic E-state index is -0.742. The van der Waals surface area contributed by atoms with Crippen LogP contribution in [0, 0.1) is 0 Å². The maximum absolute atomic E-state index is 11.3. The number of fused-ring (bicyclic) bond motifs is 1. The molecular formula is C12H10ClNO2. The first-order valence-electron chi connectivity index (χ1n) is 5.14. The van der Waals surface area contributed by atoms with Crippen molar-refractivity contribution < 1.29 is 9.90 Å². The number of hydrogen-bond acceptors (Lipinski definition) is 1. The van der Waals surface area contributed by atoms with Crippen LogP contribution < -0.4 is 0 Å². The van der Waals surface area contributed by atoms with Gasteiger partial charge >= 0.3 is 5.97 Å². The van der Waals surface area contributed by atoms with Gasteiger partial charge in [-0.15, -0.1) is 0 Å². The number of carboxylic acid groups (broad SMARTS) is 1. The highest BCUT2D eigenvalue weighted by Crippen LogP contribution is 2.50. The summed E-state index contributed by atoms with van der Waals surface area (Å²) < 4.78 is 0. The first kappa shape index (κ1) is 9.73. The molecule has 0 radical (unpaired) electrons. The third kappa shape index (κ3) is 1.18. The summed E-state index contributed by atoms with van der Waals surface area (Å²) in [6.45, 7) is 0. The normalized spacial score (nSPS) is 17.6. The smallest absolute Gasteiger partial charge is 0.314 e. The third-order valence-corrected chi connectivity index (χ3v) is 3.55. The molecule has 0 unspecified atom stereocenters. The van der Waals surface area contributed by atoms with Gasteiger partial charge in [-0.1, -0.05) is 11.6 Å². The molecule has 0 spiro atoms. The second-order valence-corrected chi connectivity index (χ2v) is 4.72. The molecule has 1 heterocycles. The van der Waals surface area contributed by atoms with E-state index in [9.17, 15) is 9.90 Å². The molecule has 2 aromatic rings. The summed E-state index contributed by atoms with van der Waals surface area (Å²) in [4.78, 5) is 14.4. The summed E-state index contributed by atoms with van der Waals surface area (Å²) in [6, 6.07) is 5.50. The first-order valence-corrected chi connectivity index (χ1v) is 5.52. The maximum atomic E-state index is 11.3. The van der Waals surface area contributed by atoms with Gasteiger partial charge in [0, 0.05) is 22.1 Å². The number of aromatic amines is 1. The Morgan fingerprint density at radius 2 is 2.19 bits per heavy atom. The Kier molecular flexibility index (Phi) is 1.83. The molecule has 1 aliphatic carbocycles. The molecule has 0 atom stereocenters. The lowest BCUT2D eigenvalue weighted by Crippen LogP contribution is -2.18. The molecule has 16 heavy (non-hydrogen) atoms. The molecule has 0 bridgehead atoms. The van der Waals surface area contributed by atoms with Crippen molar-refractivity contribution in [1.82, 2.24) is 4.98 Å². The molecule has 82 valence electrons. The molecule has 1 aliphatic rings. The van der Waals surface area contributed by atoms with E-state index in [0.717, 1.165) is 16.5 Å². The van der Waals surface area contributed by atoms with Gasteiger partial charge < -0.3 is 10.1 Å². The number of aromatic nitrogens is 1. The summed E-state index contributed by atoms with van der Waals surface area (Å²) in [7, 11) is 0. The Morgan fingerprint density at radius 1 is 1.44 bits per heavy atom. The van der Waals surface area contributed by atoms with Gasteiger partial charge in [-0.05, 0) is 36.6 Å². The number of nitrogens with one attached hydrogen (secondary N) is 1. The molecule has 1 aromatic carbocycles. The van der Waals surface area contributed by atoms with E-state index < -0.39 is 11.4 Å². The van der Waals surface area contributed by atoms with Gasteiger partial charge in [0.25, 0.3) is 0 Å². The average Bonchev–Trinajstić information content (AvgIpc) is 2.95. The molecule has 4 heteroatoms. The number of hydrogen-bond donors (Lipinski definition) is 2. The van der Waals surface area contributed by atoms with Crippen LogP contribution in [0.25, 0.3) is 10.9 Å². The lowest BCUT2D eigenvalue weighted by atomic mass is 9.96. The monoisotopic (exact) mass is 235 g/mol. The fourth-order valence-electron chi connectivity index (χ4n) is 2.21. The van der Waals surface area contributed by atoms with Crippen LogP contribution in [0.15, 0.2) is 24.4 Å². The van der Waals surface area contributed by atoms with E-state index in [-0.39, 0.29) is 0 Å². The van der Waals surface area contributed by atoms with Crippen molar-refractivity contribution in [2.24, 2.45) is 0 Å². The quantitative estimate of drug-likeness (QED) is 0.841. The number of H-pyrrole nitrogens is 1. The van der Waals surface area contributed by atoms with Crippen LogP contribution in [0.2, 0.25) is 5.02 Å². The SMILES string of the molecule is O=C(O)C1(c2c[nH]c3ccc(Cl)cc23)CC1. The zero-order valence-corrected chi connectivity index (χ0v) is 9.21. The fourth-order valence-corrected chi connectivity index (χ4v) is 2.38. The Balaban J connectivity index is 2.25. The number of aliphatic carboxylic acids is 1. The van der Waals surface area contributed by atoms with E-state index in [0.29, 0.717) is 17.9 Å². The van der Waals surface area contributed by atoms with Gasteiger partial charge in [0.2, 0.25) is 0 Å². The molecule has 1 fully saturated rings. The van der Waals surface area contributed by atoms with Crippen LogP contribution in [0.1, 0.15) is 18.4 Å². The molecule has 3 rings (SSSR count). The van der Waals surface area contributed by atoms with E-state index >= 15 is 0 Å². The summed E-state index contributed by atoms with van der Waals surface area (Å²) in [6.07, 6.45) is 3.21. The molecule has 0 saturated heterocycles. The van der Waals surface area contributed by atoms with Crippen molar-refractivity contribution in [3.05, 3.63) is 35.0 Å². The number of halogens is 1. The predicted octanol–water partition coefficient (Wildman–Crippen LogP) is 2.94. The van der Waals surface area contributed by atoms with Gasteiger partial charge in [-0.2, -0.15) is 0 Å². The minimum Gasteiger partial charge on any atom is -0.481 e. The molecule has 0 amide bonds. The lowest BCUT2D eigenvalue weighted by molar-refractivity contribution is -0.139. The number of carboxylic acids is 1. The first-order chi connectivity index (χ1) is 7.63. The van der Waals surface area contributed by atoms with E-state index in [1.807, 2.05) is 12.1 Å². The summed E-state index contributed by atoms with van der Waals surface area (Å²) >= 11 is 5.94. The van der Waals surface area contributed by atoms with Crippen molar-refractivity contribution in [3.8, 4) is 0 Å². The highest BCUT2D eigenvalue weighted by molar-refractivity contribution is 6.31. The van der Waals surface area contributed by atoms with Crippen molar-refractivity contribution >= 4 is 28.5 Å². The topological polar surface area (TPSA) is 53.1 Å². The number of rotatable bonds is 2. The second kappa shape index (κ2) is 3.01. The lowest BCUT2D eigenvalue weighted by Gasteiger charge is -2.07. The van der Waals surface area contributed by atoms with E-state index in [2.05, 4.69) is 4.98 Å². The van der Waals surface area contributed by atoms with Crippen LogP contribution in [0.3, 0.4) is 0 Å². The highest BCUT2D eigenvalue weighted by atomic mass is 35.5. The van der Waals surface area contributed by atoms with Crippen LogP contribution in [-0.2, 0) is 10.2 Å².